The molecule has 5 heteroatoms. The molecule has 3 nitrogen and oxygen atoms in total. The van der Waals surface area contributed by atoms with Crippen molar-refractivity contribution >= 4 is 25.8 Å². The molecule has 0 saturated carbocycles. The molecule has 0 radical (unpaired) electrons. The van der Waals surface area contributed by atoms with Crippen LogP contribution in [0.3, 0.4) is 0 Å². The average molecular weight is 300 g/mol. The van der Waals surface area contributed by atoms with Gasteiger partial charge in [-0.1, -0.05) is 28.8 Å². The smallest absolute Gasteiger partial charge is 0.147 e. The summed E-state index contributed by atoms with van der Waals surface area (Å²) in [5.41, 5.74) is 0. The van der Waals surface area contributed by atoms with E-state index in [4.69, 9.17) is 0 Å². The molecule has 0 heterocycles. The predicted octanol–water partition coefficient (Wildman–Crippen LogP) is 1.97. The van der Waals surface area contributed by atoms with E-state index in [0.717, 1.165) is 24.8 Å². The highest BCUT2D eigenvalue weighted by atomic mass is 79.9. The topological polar surface area (TPSA) is 46.2 Å². The summed E-state index contributed by atoms with van der Waals surface area (Å²) in [7, 11) is -2.77. The molecule has 0 spiro atoms. The maximum absolute atomic E-state index is 10.8. The second-order valence-electron chi connectivity index (χ2n) is 3.84. The normalized spacial score (nSPS) is 11.9. The fourth-order valence-corrected chi connectivity index (χ4v) is 2.35. The maximum Gasteiger partial charge on any atom is 0.147 e. The van der Waals surface area contributed by atoms with Crippen LogP contribution in [0.25, 0.3) is 0 Å². The summed E-state index contributed by atoms with van der Waals surface area (Å²) in [5.74, 6) is 0.295. The number of sulfone groups is 1. The molecule has 0 aromatic heterocycles. The summed E-state index contributed by atoms with van der Waals surface area (Å²) < 4.78 is 21.6. The molecule has 0 aromatic rings. The quantitative estimate of drug-likeness (QED) is 0.495. The van der Waals surface area contributed by atoms with Crippen molar-refractivity contribution in [1.82, 2.24) is 5.32 Å². The lowest BCUT2D eigenvalue weighted by Crippen LogP contribution is -2.19. The van der Waals surface area contributed by atoms with Gasteiger partial charge in [0.2, 0.25) is 0 Å². The molecule has 0 aromatic carbocycles. The summed E-state index contributed by atoms with van der Waals surface area (Å²) in [6.45, 7) is 1.82. The SMILES string of the molecule is CS(=O)(=O)CCCNCCCCCCBr. The van der Waals surface area contributed by atoms with Gasteiger partial charge in [0, 0.05) is 11.6 Å². The van der Waals surface area contributed by atoms with E-state index in [1.165, 1.54) is 31.9 Å². The lowest BCUT2D eigenvalue weighted by Gasteiger charge is -2.03. The van der Waals surface area contributed by atoms with E-state index < -0.39 is 9.84 Å². The first-order valence-electron chi connectivity index (χ1n) is 5.50. The van der Waals surface area contributed by atoms with E-state index in [2.05, 4.69) is 21.2 Å². The zero-order valence-electron chi connectivity index (χ0n) is 9.47. The fourth-order valence-electron chi connectivity index (χ4n) is 1.28. The Labute approximate surface area is 102 Å². The molecule has 15 heavy (non-hydrogen) atoms. The molecule has 0 fully saturated rings. The van der Waals surface area contributed by atoms with Gasteiger partial charge in [0.05, 0.1) is 5.75 Å². The van der Waals surface area contributed by atoms with Gasteiger partial charge in [-0.2, -0.15) is 0 Å². The summed E-state index contributed by atoms with van der Waals surface area (Å²) in [5, 5.41) is 4.35. The number of nitrogens with one attached hydrogen (secondary N) is 1. The lowest BCUT2D eigenvalue weighted by atomic mass is 10.2. The lowest BCUT2D eigenvalue weighted by molar-refractivity contribution is 0.582. The van der Waals surface area contributed by atoms with Gasteiger partial charge < -0.3 is 5.32 Å². The van der Waals surface area contributed by atoms with Crippen molar-refractivity contribution in [2.75, 3.05) is 30.4 Å². The van der Waals surface area contributed by atoms with Crippen LogP contribution in [0, 0.1) is 0 Å². The van der Waals surface area contributed by atoms with Gasteiger partial charge >= 0.3 is 0 Å². The Hall–Kier alpha value is 0.390. The number of hydrogen-bond acceptors (Lipinski definition) is 3. The molecule has 0 aliphatic heterocycles. The zero-order valence-corrected chi connectivity index (χ0v) is 11.9. The van der Waals surface area contributed by atoms with E-state index in [0.29, 0.717) is 5.75 Å². The first kappa shape index (κ1) is 15.4. The highest BCUT2D eigenvalue weighted by Crippen LogP contribution is 2.00. The number of unbranched alkanes of at least 4 members (excludes halogenated alkanes) is 3. The molecule has 0 unspecified atom stereocenters. The van der Waals surface area contributed by atoms with Crippen molar-refractivity contribution in [3.05, 3.63) is 0 Å². The van der Waals surface area contributed by atoms with Crippen LogP contribution < -0.4 is 5.32 Å². The van der Waals surface area contributed by atoms with Crippen LogP contribution in [-0.2, 0) is 9.84 Å². The van der Waals surface area contributed by atoms with Crippen molar-refractivity contribution in [2.45, 2.75) is 32.1 Å². The van der Waals surface area contributed by atoms with Crippen LogP contribution in [-0.4, -0.2) is 38.8 Å². The zero-order chi connectivity index (χ0) is 11.6. The second-order valence-corrected chi connectivity index (χ2v) is 6.89. The van der Waals surface area contributed by atoms with Crippen LogP contribution in [0.1, 0.15) is 32.1 Å². The van der Waals surface area contributed by atoms with Gasteiger partial charge in [-0.3, -0.25) is 0 Å². The summed E-state index contributed by atoms with van der Waals surface area (Å²) in [6, 6.07) is 0. The largest absolute Gasteiger partial charge is 0.317 e. The highest BCUT2D eigenvalue weighted by molar-refractivity contribution is 9.09. The minimum Gasteiger partial charge on any atom is -0.317 e. The number of rotatable bonds is 10. The van der Waals surface area contributed by atoms with Gasteiger partial charge in [-0.15, -0.1) is 0 Å². The Bertz CT molecular complexity index is 230. The van der Waals surface area contributed by atoms with Crippen molar-refractivity contribution in [3.63, 3.8) is 0 Å². The minimum atomic E-state index is -2.77. The maximum atomic E-state index is 10.8. The molecule has 0 amide bonds. The van der Waals surface area contributed by atoms with Crippen molar-refractivity contribution < 1.29 is 8.42 Å². The van der Waals surface area contributed by atoms with Crippen LogP contribution in [0.15, 0.2) is 0 Å². The Morgan fingerprint density at radius 1 is 1.00 bits per heavy atom. The third-order valence-corrected chi connectivity index (χ3v) is 3.70. The predicted molar refractivity (Wildman–Crippen MR) is 69.5 cm³/mol. The fraction of sp³-hybridized carbons (Fsp3) is 1.00. The summed E-state index contributed by atoms with van der Waals surface area (Å²) >= 11 is 3.40. The molecule has 1 N–H and O–H groups in total. The molecule has 0 aliphatic carbocycles. The molecular formula is C10H22BrNO2S. The Morgan fingerprint density at radius 3 is 2.20 bits per heavy atom. The van der Waals surface area contributed by atoms with Crippen molar-refractivity contribution in [3.8, 4) is 0 Å². The molecule has 0 aliphatic rings. The van der Waals surface area contributed by atoms with E-state index >= 15 is 0 Å². The second kappa shape index (κ2) is 9.60. The van der Waals surface area contributed by atoms with Gasteiger partial charge in [0.1, 0.15) is 9.84 Å². The Balaban J connectivity index is 3.06. The molecule has 0 bridgehead atoms. The average Bonchev–Trinajstić information content (AvgIpc) is 2.14. The summed E-state index contributed by atoms with van der Waals surface area (Å²) in [6.07, 6.45) is 6.97. The van der Waals surface area contributed by atoms with Gasteiger partial charge in [-0.25, -0.2) is 8.42 Å². The number of alkyl halides is 1. The number of hydrogen-bond donors (Lipinski definition) is 1. The van der Waals surface area contributed by atoms with E-state index in [1.54, 1.807) is 0 Å². The Kier molecular flexibility index (Phi) is 9.85. The molecule has 0 atom stereocenters. The highest BCUT2D eigenvalue weighted by Gasteiger charge is 2.00. The molecule has 0 rings (SSSR count). The van der Waals surface area contributed by atoms with Crippen molar-refractivity contribution in [1.29, 1.82) is 0 Å². The molecule has 92 valence electrons. The van der Waals surface area contributed by atoms with Crippen molar-refractivity contribution in [2.24, 2.45) is 0 Å². The molecular weight excluding hydrogens is 278 g/mol. The van der Waals surface area contributed by atoms with Crippen LogP contribution in [0.5, 0.6) is 0 Å². The van der Waals surface area contributed by atoms with E-state index in [1.807, 2.05) is 0 Å². The standard InChI is InChI=1S/C10H22BrNO2S/c1-15(13,14)10-6-9-12-8-5-3-2-4-7-11/h12H,2-10H2,1H3. The third-order valence-electron chi connectivity index (χ3n) is 2.11. The minimum absolute atomic E-state index is 0.295. The monoisotopic (exact) mass is 299 g/mol. The first-order chi connectivity index (χ1) is 7.06. The third kappa shape index (κ3) is 14.4. The van der Waals surface area contributed by atoms with E-state index in [-0.39, 0.29) is 0 Å². The first-order valence-corrected chi connectivity index (χ1v) is 8.69. The molecule has 0 saturated heterocycles. The van der Waals surface area contributed by atoms with E-state index in [9.17, 15) is 8.42 Å². The van der Waals surface area contributed by atoms with Crippen LogP contribution >= 0.6 is 15.9 Å². The van der Waals surface area contributed by atoms with Gasteiger partial charge in [0.15, 0.2) is 0 Å². The number of halogens is 1. The van der Waals surface area contributed by atoms with Gasteiger partial charge in [-0.05, 0) is 32.4 Å². The van der Waals surface area contributed by atoms with Crippen LogP contribution in [0.2, 0.25) is 0 Å². The van der Waals surface area contributed by atoms with Gasteiger partial charge in [0.25, 0.3) is 0 Å². The van der Waals surface area contributed by atoms with Crippen LogP contribution in [0.4, 0.5) is 0 Å². The summed E-state index contributed by atoms with van der Waals surface area (Å²) in [4.78, 5) is 0. The Morgan fingerprint density at radius 2 is 1.60 bits per heavy atom.